The summed E-state index contributed by atoms with van der Waals surface area (Å²) in [5.41, 5.74) is 3.42. The van der Waals surface area contributed by atoms with Crippen LogP contribution >= 0.6 is 0 Å². The maximum absolute atomic E-state index is 4.61. The number of rotatable bonds is 5. The molecule has 0 radical (unpaired) electrons. The van der Waals surface area contributed by atoms with E-state index in [-0.39, 0.29) is 0 Å². The van der Waals surface area contributed by atoms with Gasteiger partial charge in [-0.25, -0.2) is 9.97 Å². The van der Waals surface area contributed by atoms with Crippen LogP contribution in [0.3, 0.4) is 0 Å². The Morgan fingerprint density at radius 1 is 1.11 bits per heavy atom. The highest BCUT2D eigenvalue weighted by atomic mass is 15.1. The van der Waals surface area contributed by atoms with E-state index in [0.717, 1.165) is 30.6 Å². The molecule has 0 spiro atoms. The molecule has 1 N–H and O–H groups in total. The molecule has 2 aromatic rings. The summed E-state index contributed by atoms with van der Waals surface area (Å²) >= 11 is 0. The fourth-order valence-electron chi connectivity index (χ4n) is 1.90. The number of aryl methyl sites for hydroxylation is 2. The Labute approximate surface area is 108 Å². The first-order valence-corrected chi connectivity index (χ1v) is 6.50. The fourth-order valence-corrected chi connectivity index (χ4v) is 1.90. The summed E-state index contributed by atoms with van der Waals surface area (Å²) < 4.78 is 0. The molecular formula is C15H19N3. The SMILES string of the molecule is CCCc1nc(Nc2ccccc2)ncc1CC. The van der Waals surface area contributed by atoms with Crippen LogP contribution < -0.4 is 5.32 Å². The number of benzene rings is 1. The molecule has 1 aromatic carbocycles. The van der Waals surface area contributed by atoms with E-state index in [1.807, 2.05) is 36.5 Å². The predicted octanol–water partition coefficient (Wildman–Crippen LogP) is 3.74. The Morgan fingerprint density at radius 3 is 2.56 bits per heavy atom. The van der Waals surface area contributed by atoms with Crippen LogP contribution in [0.5, 0.6) is 0 Å². The van der Waals surface area contributed by atoms with Crippen LogP contribution in [0, 0.1) is 0 Å². The maximum Gasteiger partial charge on any atom is 0.227 e. The molecule has 0 aliphatic rings. The van der Waals surface area contributed by atoms with Gasteiger partial charge in [-0.2, -0.15) is 0 Å². The van der Waals surface area contributed by atoms with Gasteiger partial charge in [0.05, 0.1) is 0 Å². The van der Waals surface area contributed by atoms with E-state index in [0.29, 0.717) is 5.95 Å². The zero-order valence-electron chi connectivity index (χ0n) is 11.0. The van der Waals surface area contributed by atoms with E-state index in [1.54, 1.807) is 0 Å². The van der Waals surface area contributed by atoms with Gasteiger partial charge in [-0.15, -0.1) is 0 Å². The monoisotopic (exact) mass is 241 g/mol. The van der Waals surface area contributed by atoms with Crippen molar-refractivity contribution in [3.63, 3.8) is 0 Å². The molecular weight excluding hydrogens is 222 g/mol. The number of para-hydroxylation sites is 1. The van der Waals surface area contributed by atoms with Crippen molar-refractivity contribution in [1.82, 2.24) is 9.97 Å². The Bertz CT molecular complexity index is 494. The molecule has 0 saturated carbocycles. The van der Waals surface area contributed by atoms with Crippen LogP contribution in [0.1, 0.15) is 31.5 Å². The maximum atomic E-state index is 4.61. The smallest absolute Gasteiger partial charge is 0.227 e. The molecule has 94 valence electrons. The highest BCUT2D eigenvalue weighted by molar-refractivity contribution is 5.52. The lowest BCUT2D eigenvalue weighted by molar-refractivity contribution is 0.847. The predicted molar refractivity (Wildman–Crippen MR) is 75.1 cm³/mol. The van der Waals surface area contributed by atoms with Crippen LogP contribution in [-0.4, -0.2) is 9.97 Å². The summed E-state index contributed by atoms with van der Waals surface area (Å²) in [4.78, 5) is 8.97. The molecule has 0 amide bonds. The van der Waals surface area contributed by atoms with Crippen molar-refractivity contribution in [2.45, 2.75) is 33.1 Å². The van der Waals surface area contributed by atoms with E-state index in [1.165, 1.54) is 5.56 Å². The lowest BCUT2D eigenvalue weighted by atomic mass is 10.1. The molecule has 0 fully saturated rings. The van der Waals surface area contributed by atoms with Gasteiger partial charge in [0.2, 0.25) is 5.95 Å². The largest absolute Gasteiger partial charge is 0.324 e. The minimum Gasteiger partial charge on any atom is -0.324 e. The quantitative estimate of drug-likeness (QED) is 0.866. The summed E-state index contributed by atoms with van der Waals surface area (Å²) in [6.07, 6.45) is 5.04. The highest BCUT2D eigenvalue weighted by Gasteiger charge is 2.05. The Kier molecular flexibility index (Phi) is 4.29. The molecule has 3 heteroatoms. The van der Waals surface area contributed by atoms with E-state index in [2.05, 4.69) is 29.1 Å². The zero-order valence-corrected chi connectivity index (χ0v) is 11.0. The first kappa shape index (κ1) is 12.6. The standard InChI is InChI=1S/C15H19N3/c1-3-8-14-12(4-2)11-16-15(18-14)17-13-9-6-5-7-10-13/h5-7,9-11H,3-4,8H2,1-2H3,(H,16,17,18). The second kappa shape index (κ2) is 6.15. The minimum atomic E-state index is 0.682. The molecule has 1 aromatic heterocycles. The van der Waals surface area contributed by atoms with Crippen LogP contribution in [0.2, 0.25) is 0 Å². The summed E-state index contributed by atoms with van der Waals surface area (Å²) in [6.45, 7) is 4.31. The Morgan fingerprint density at radius 2 is 1.89 bits per heavy atom. The van der Waals surface area contributed by atoms with Crippen LogP contribution in [0.4, 0.5) is 11.6 Å². The van der Waals surface area contributed by atoms with Crippen molar-refractivity contribution in [3.8, 4) is 0 Å². The summed E-state index contributed by atoms with van der Waals surface area (Å²) in [6, 6.07) is 10.0. The summed E-state index contributed by atoms with van der Waals surface area (Å²) in [5, 5.41) is 3.23. The van der Waals surface area contributed by atoms with Crippen molar-refractivity contribution in [3.05, 3.63) is 47.8 Å². The highest BCUT2D eigenvalue weighted by Crippen LogP contribution is 2.15. The van der Waals surface area contributed by atoms with E-state index in [9.17, 15) is 0 Å². The lowest BCUT2D eigenvalue weighted by Gasteiger charge is -2.09. The van der Waals surface area contributed by atoms with Gasteiger partial charge in [-0.05, 0) is 30.5 Å². The topological polar surface area (TPSA) is 37.8 Å². The van der Waals surface area contributed by atoms with E-state index >= 15 is 0 Å². The fraction of sp³-hybridized carbons (Fsp3) is 0.333. The molecule has 0 bridgehead atoms. The number of nitrogens with one attached hydrogen (secondary N) is 1. The van der Waals surface area contributed by atoms with Crippen molar-refractivity contribution in [2.24, 2.45) is 0 Å². The molecule has 0 aliphatic heterocycles. The second-order valence-corrected chi connectivity index (χ2v) is 4.26. The second-order valence-electron chi connectivity index (χ2n) is 4.26. The molecule has 1 heterocycles. The Hall–Kier alpha value is -1.90. The average molecular weight is 241 g/mol. The third-order valence-electron chi connectivity index (χ3n) is 2.85. The third kappa shape index (κ3) is 3.06. The van der Waals surface area contributed by atoms with Crippen molar-refractivity contribution in [2.75, 3.05) is 5.32 Å². The van der Waals surface area contributed by atoms with Gasteiger partial charge in [0.1, 0.15) is 0 Å². The first-order chi connectivity index (χ1) is 8.83. The lowest BCUT2D eigenvalue weighted by Crippen LogP contribution is -2.03. The van der Waals surface area contributed by atoms with E-state index in [4.69, 9.17) is 0 Å². The van der Waals surface area contributed by atoms with Crippen LogP contribution in [-0.2, 0) is 12.8 Å². The van der Waals surface area contributed by atoms with Crippen molar-refractivity contribution in [1.29, 1.82) is 0 Å². The first-order valence-electron chi connectivity index (χ1n) is 6.50. The number of anilines is 2. The van der Waals surface area contributed by atoms with Crippen molar-refractivity contribution >= 4 is 11.6 Å². The summed E-state index contributed by atoms with van der Waals surface area (Å²) in [5.74, 6) is 0.682. The minimum absolute atomic E-state index is 0.682. The number of aromatic nitrogens is 2. The molecule has 2 rings (SSSR count). The molecule has 0 unspecified atom stereocenters. The average Bonchev–Trinajstić information content (AvgIpc) is 2.41. The Balaban J connectivity index is 2.21. The van der Waals surface area contributed by atoms with Gasteiger partial charge in [0, 0.05) is 17.6 Å². The molecule has 18 heavy (non-hydrogen) atoms. The number of hydrogen-bond donors (Lipinski definition) is 1. The molecule has 0 saturated heterocycles. The molecule has 0 aliphatic carbocycles. The van der Waals surface area contributed by atoms with Crippen LogP contribution in [0.15, 0.2) is 36.5 Å². The molecule has 0 atom stereocenters. The summed E-state index contributed by atoms with van der Waals surface area (Å²) in [7, 11) is 0. The van der Waals surface area contributed by atoms with Crippen molar-refractivity contribution < 1.29 is 0 Å². The van der Waals surface area contributed by atoms with E-state index < -0.39 is 0 Å². The third-order valence-corrected chi connectivity index (χ3v) is 2.85. The van der Waals surface area contributed by atoms with Gasteiger partial charge in [-0.3, -0.25) is 0 Å². The van der Waals surface area contributed by atoms with Gasteiger partial charge < -0.3 is 5.32 Å². The van der Waals surface area contributed by atoms with Crippen LogP contribution in [0.25, 0.3) is 0 Å². The van der Waals surface area contributed by atoms with Gasteiger partial charge in [0.25, 0.3) is 0 Å². The normalized spacial score (nSPS) is 10.3. The van der Waals surface area contributed by atoms with Gasteiger partial charge in [0.15, 0.2) is 0 Å². The molecule has 3 nitrogen and oxygen atoms in total. The van der Waals surface area contributed by atoms with Gasteiger partial charge >= 0.3 is 0 Å². The number of nitrogens with zero attached hydrogens (tertiary/aromatic N) is 2. The van der Waals surface area contributed by atoms with Gasteiger partial charge in [-0.1, -0.05) is 38.5 Å². The number of hydrogen-bond acceptors (Lipinski definition) is 3. The zero-order chi connectivity index (χ0) is 12.8.